The lowest BCUT2D eigenvalue weighted by atomic mass is 10.0. The summed E-state index contributed by atoms with van der Waals surface area (Å²) in [5, 5.41) is 2.32. The maximum absolute atomic E-state index is 12.7. The van der Waals surface area contributed by atoms with Crippen LogP contribution in [0.2, 0.25) is 0 Å². The molecule has 2 amide bonds. The van der Waals surface area contributed by atoms with Crippen molar-refractivity contribution in [1.82, 2.24) is 4.90 Å². The Morgan fingerprint density at radius 1 is 0.815 bits per heavy atom. The Morgan fingerprint density at radius 2 is 1.41 bits per heavy atom. The number of rotatable bonds is 5. The van der Waals surface area contributed by atoms with Gasteiger partial charge in [-0.25, -0.2) is 0 Å². The molecule has 4 nitrogen and oxygen atoms in total. The molecule has 3 aromatic rings. The van der Waals surface area contributed by atoms with Crippen LogP contribution in [0.4, 0.5) is 0 Å². The molecule has 0 fully saturated rings. The maximum atomic E-state index is 12.7. The van der Waals surface area contributed by atoms with Gasteiger partial charge in [0.1, 0.15) is 0 Å². The number of nitrogens with zero attached hydrogens (tertiary/aromatic N) is 1. The van der Waals surface area contributed by atoms with Crippen LogP contribution >= 0.6 is 0 Å². The Hall–Kier alpha value is -2.98. The van der Waals surface area contributed by atoms with E-state index in [-0.39, 0.29) is 18.4 Å². The van der Waals surface area contributed by atoms with Crippen molar-refractivity contribution in [3.63, 3.8) is 0 Å². The van der Waals surface area contributed by atoms with E-state index in [1.54, 1.807) is 24.3 Å². The number of amides is 2. The third kappa shape index (κ3) is 3.02. The molecule has 0 unspecified atom stereocenters. The minimum atomic E-state index is -0.738. The Kier molecular flexibility index (Phi) is 4.28. The second-order valence-electron chi connectivity index (χ2n) is 7.43. The van der Waals surface area contributed by atoms with Gasteiger partial charge in [-0.1, -0.05) is 54.6 Å². The third-order valence-electron chi connectivity index (χ3n) is 4.99. The molecule has 136 valence electrons. The van der Waals surface area contributed by atoms with E-state index in [9.17, 15) is 9.59 Å². The number of hydrogen-bond acceptors (Lipinski definition) is 3. The number of fused-ring (bicyclic) bond motifs is 2. The highest BCUT2D eigenvalue weighted by atomic mass is 16.5. The van der Waals surface area contributed by atoms with E-state index >= 15 is 0 Å². The summed E-state index contributed by atoms with van der Waals surface area (Å²) < 4.78 is 5.95. The molecule has 1 heterocycles. The predicted octanol–water partition coefficient (Wildman–Crippen LogP) is 4.43. The molecular formula is C23H21NO3. The van der Waals surface area contributed by atoms with Gasteiger partial charge < -0.3 is 4.74 Å². The van der Waals surface area contributed by atoms with Gasteiger partial charge in [-0.15, -0.1) is 0 Å². The number of carbonyl (C=O) groups is 2. The van der Waals surface area contributed by atoms with Gasteiger partial charge in [-0.2, -0.15) is 0 Å². The summed E-state index contributed by atoms with van der Waals surface area (Å²) in [4.78, 5) is 26.7. The van der Waals surface area contributed by atoms with Crippen molar-refractivity contribution in [3.8, 4) is 0 Å². The van der Waals surface area contributed by atoms with Gasteiger partial charge in [-0.05, 0) is 42.3 Å². The van der Waals surface area contributed by atoms with Crippen LogP contribution < -0.4 is 0 Å². The Labute approximate surface area is 158 Å². The molecule has 0 aliphatic carbocycles. The van der Waals surface area contributed by atoms with Crippen molar-refractivity contribution in [2.24, 2.45) is 0 Å². The number of imide groups is 1. The zero-order valence-electron chi connectivity index (χ0n) is 15.4. The summed E-state index contributed by atoms with van der Waals surface area (Å²) in [5.41, 5.74) is 1.28. The number of carbonyl (C=O) groups excluding carboxylic acids is 2. The summed E-state index contributed by atoms with van der Waals surface area (Å²) in [6, 6.07) is 21.2. The zero-order valence-corrected chi connectivity index (χ0v) is 15.4. The van der Waals surface area contributed by atoms with E-state index in [2.05, 4.69) is 18.2 Å². The first-order valence-corrected chi connectivity index (χ1v) is 9.01. The molecule has 4 heteroatoms. The van der Waals surface area contributed by atoms with Crippen molar-refractivity contribution in [2.45, 2.75) is 26.0 Å². The lowest BCUT2D eigenvalue weighted by molar-refractivity contribution is 0.0120. The molecular weight excluding hydrogens is 338 g/mol. The average molecular weight is 359 g/mol. The first-order valence-electron chi connectivity index (χ1n) is 9.01. The molecule has 0 radical (unpaired) electrons. The van der Waals surface area contributed by atoms with Crippen molar-refractivity contribution < 1.29 is 14.3 Å². The van der Waals surface area contributed by atoms with Crippen LogP contribution in [-0.2, 0) is 11.3 Å². The standard InChI is InChI=1S/C23H21NO3/c1-23(2,24-21(25)19-12-5-6-13-20(19)22(24)26)15-27-14-17-10-7-9-16-8-3-4-11-18(16)17/h3-13H,14-15H2,1-2H3. The fraction of sp³-hybridized carbons (Fsp3) is 0.217. The summed E-state index contributed by atoms with van der Waals surface area (Å²) in [6.45, 7) is 4.41. The lowest BCUT2D eigenvalue weighted by Gasteiger charge is -2.33. The van der Waals surface area contributed by atoms with E-state index in [0.717, 1.165) is 10.9 Å². The van der Waals surface area contributed by atoms with E-state index in [1.807, 2.05) is 38.1 Å². The van der Waals surface area contributed by atoms with Gasteiger partial charge in [0.25, 0.3) is 11.8 Å². The zero-order chi connectivity index (χ0) is 19.0. The fourth-order valence-corrected chi connectivity index (χ4v) is 3.63. The minimum absolute atomic E-state index is 0.255. The molecule has 0 N–H and O–H groups in total. The van der Waals surface area contributed by atoms with Crippen LogP contribution in [0, 0.1) is 0 Å². The largest absolute Gasteiger partial charge is 0.374 e. The molecule has 0 aromatic heterocycles. The molecule has 3 aromatic carbocycles. The monoisotopic (exact) mass is 359 g/mol. The molecule has 0 atom stereocenters. The normalized spacial score (nSPS) is 14.1. The van der Waals surface area contributed by atoms with E-state index in [1.165, 1.54) is 10.3 Å². The molecule has 1 aliphatic rings. The summed E-state index contributed by atoms with van der Waals surface area (Å²) in [5.74, 6) is -0.510. The molecule has 27 heavy (non-hydrogen) atoms. The second-order valence-corrected chi connectivity index (χ2v) is 7.43. The van der Waals surface area contributed by atoms with E-state index in [0.29, 0.717) is 17.7 Å². The van der Waals surface area contributed by atoms with Gasteiger partial charge in [0, 0.05) is 0 Å². The van der Waals surface area contributed by atoms with Crippen molar-refractivity contribution >= 4 is 22.6 Å². The lowest BCUT2D eigenvalue weighted by Crippen LogP contribution is -2.50. The number of ether oxygens (including phenoxy) is 1. The van der Waals surface area contributed by atoms with Crippen LogP contribution in [-0.4, -0.2) is 28.9 Å². The number of hydrogen-bond donors (Lipinski definition) is 0. The van der Waals surface area contributed by atoms with Crippen LogP contribution in [0.5, 0.6) is 0 Å². The van der Waals surface area contributed by atoms with E-state index in [4.69, 9.17) is 4.74 Å². The topological polar surface area (TPSA) is 46.6 Å². The molecule has 0 bridgehead atoms. The van der Waals surface area contributed by atoms with E-state index < -0.39 is 5.54 Å². The predicted molar refractivity (Wildman–Crippen MR) is 105 cm³/mol. The third-order valence-corrected chi connectivity index (χ3v) is 4.99. The van der Waals surface area contributed by atoms with Crippen molar-refractivity contribution in [3.05, 3.63) is 83.4 Å². The highest BCUT2D eigenvalue weighted by Gasteiger charge is 2.43. The van der Waals surface area contributed by atoms with Crippen molar-refractivity contribution in [1.29, 1.82) is 0 Å². The summed E-state index contributed by atoms with van der Waals surface area (Å²) in [6.07, 6.45) is 0. The molecule has 0 saturated heterocycles. The summed E-state index contributed by atoms with van der Waals surface area (Å²) >= 11 is 0. The van der Waals surface area contributed by atoms with Crippen LogP contribution in [0.1, 0.15) is 40.1 Å². The molecule has 0 spiro atoms. The highest BCUT2D eigenvalue weighted by molar-refractivity contribution is 6.21. The first-order chi connectivity index (χ1) is 13.0. The fourth-order valence-electron chi connectivity index (χ4n) is 3.63. The molecule has 4 rings (SSSR count). The van der Waals surface area contributed by atoms with Gasteiger partial charge in [-0.3, -0.25) is 14.5 Å². The molecule has 1 aliphatic heterocycles. The van der Waals surface area contributed by atoms with Crippen LogP contribution in [0.25, 0.3) is 10.8 Å². The quantitative estimate of drug-likeness (QED) is 0.633. The average Bonchev–Trinajstić information content (AvgIpc) is 2.93. The van der Waals surface area contributed by atoms with Crippen LogP contribution in [0.3, 0.4) is 0 Å². The summed E-state index contributed by atoms with van der Waals surface area (Å²) in [7, 11) is 0. The van der Waals surface area contributed by atoms with Crippen molar-refractivity contribution in [2.75, 3.05) is 6.61 Å². The Bertz CT molecular complexity index is 998. The molecule has 0 saturated carbocycles. The smallest absolute Gasteiger partial charge is 0.262 e. The SMILES string of the molecule is CC(C)(COCc1cccc2ccccc12)N1C(=O)c2ccccc2C1=O. The Balaban J connectivity index is 1.50. The first kappa shape index (κ1) is 17.4. The van der Waals surface area contributed by atoms with Crippen LogP contribution in [0.15, 0.2) is 66.7 Å². The minimum Gasteiger partial charge on any atom is -0.374 e. The maximum Gasteiger partial charge on any atom is 0.262 e. The Morgan fingerprint density at radius 3 is 2.11 bits per heavy atom. The van der Waals surface area contributed by atoms with Gasteiger partial charge in [0.2, 0.25) is 0 Å². The van der Waals surface area contributed by atoms with Gasteiger partial charge in [0.05, 0.1) is 29.9 Å². The number of benzene rings is 3. The highest BCUT2D eigenvalue weighted by Crippen LogP contribution is 2.30. The van der Waals surface area contributed by atoms with Gasteiger partial charge in [0.15, 0.2) is 0 Å². The van der Waals surface area contributed by atoms with Gasteiger partial charge >= 0.3 is 0 Å². The second kappa shape index (κ2) is 6.63.